The molecule has 0 radical (unpaired) electrons. The molecule has 66 valence electrons. The van der Waals surface area contributed by atoms with E-state index in [4.69, 9.17) is 9.84 Å². The highest BCUT2D eigenvalue weighted by Gasteiger charge is 2.21. The van der Waals surface area contributed by atoms with Crippen LogP contribution in [0.4, 0.5) is 0 Å². The van der Waals surface area contributed by atoms with Crippen LogP contribution in [0.3, 0.4) is 0 Å². The Morgan fingerprint density at radius 2 is 2.18 bits per heavy atom. The zero-order valence-corrected chi connectivity index (χ0v) is 7.33. The Balaban J connectivity index is 3.91. The quantitative estimate of drug-likeness (QED) is 0.663. The van der Waals surface area contributed by atoms with Gasteiger partial charge in [0, 0.05) is 7.11 Å². The summed E-state index contributed by atoms with van der Waals surface area (Å²) >= 11 is 0. The van der Waals surface area contributed by atoms with Crippen molar-refractivity contribution in [1.82, 2.24) is 0 Å². The lowest BCUT2D eigenvalue weighted by atomic mass is 10.0. The number of carboxylic acids is 1. The Morgan fingerprint density at radius 1 is 1.64 bits per heavy atom. The van der Waals surface area contributed by atoms with Crippen LogP contribution < -0.4 is 0 Å². The molecule has 0 spiro atoms. The van der Waals surface area contributed by atoms with E-state index in [0.29, 0.717) is 0 Å². The fourth-order valence-electron chi connectivity index (χ4n) is 1.02. The first-order valence-corrected chi connectivity index (χ1v) is 3.89. The lowest BCUT2D eigenvalue weighted by molar-refractivity contribution is -0.145. The van der Waals surface area contributed by atoms with Crippen LogP contribution in [0, 0.1) is 5.92 Å². The lowest BCUT2D eigenvalue weighted by Crippen LogP contribution is -2.27. The van der Waals surface area contributed by atoms with Crippen LogP contribution in [0.15, 0.2) is 0 Å². The van der Waals surface area contributed by atoms with E-state index in [1.165, 1.54) is 0 Å². The van der Waals surface area contributed by atoms with Crippen LogP contribution in [0.25, 0.3) is 0 Å². The van der Waals surface area contributed by atoms with Crippen LogP contribution in [0.2, 0.25) is 0 Å². The second kappa shape index (κ2) is 5.13. The maximum absolute atomic E-state index is 10.5. The highest BCUT2D eigenvalue weighted by atomic mass is 16.5. The van der Waals surface area contributed by atoms with Crippen LogP contribution in [0.1, 0.15) is 26.7 Å². The van der Waals surface area contributed by atoms with Gasteiger partial charge in [0.1, 0.15) is 0 Å². The molecule has 0 unspecified atom stereocenters. The van der Waals surface area contributed by atoms with Crippen molar-refractivity contribution in [3.8, 4) is 0 Å². The van der Waals surface area contributed by atoms with Gasteiger partial charge in [-0.2, -0.15) is 0 Å². The van der Waals surface area contributed by atoms with Gasteiger partial charge >= 0.3 is 5.97 Å². The molecule has 0 bridgehead atoms. The molecule has 0 saturated heterocycles. The van der Waals surface area contributed by atoms with Gasteiger partial charge in [0.2, 0.25) is 0 Å². The summed E-state index contributed by atoms with van der Waals surface area (Å²) < 4.78 is 5.03. The van der Waals surface area contributed by atoms with Gasteiger partial charge in [-0.1, -0.05) is 13.3 Å². The van der Waals surface area contributed by atoms with Gasteiger partial charge in [-0.15, -0.1) is 0 Å². The molecule has 0 aromatic heterocycles. The van der Waals surface area contributed by atoms with Gasteiger partial charge in [0.15, 0.2) is 0 Å². The van der Waals surface area contributed by atoms with E-state index in [2.05, 4.69) is 0 Å². The maximum atomic E-state index is 10.5. The second-order valence-corrected chi connectivity index (χ2v) is 2.69. The largest absolute Gasteiger partial charge is 0.481 e. The topological polar surface area (TPSA) is 46.5 Å². The molecule has 0 aliphatic heterocycles. The normalized spacial score (nSPS) is 15.9. The van der Waals surface area contributed by atoms with Crippen LogP contribution in [-0.2, 0) is 9.53 Å². The summed E-state index contributed by atoms with van der Waals surface area (Å²) in [7, 11) is 1.56. The third kappa shape index (κ3) is 3.37. The molecule has 11 heavy (non-hydrogen) atoms. The zero-order chi connectivity index (χ0) is 8.85. The summed E-state index contributed by atoms with van der Waals surface area (Å²) in [5.41, 5.74) is 0. The van der Waals surface area contributed by atoms with E-state index in [9.17, 15) is 4.79 Å². The minimum absolute atomic E-state index is 0.141. The summed E-state index contributed by atoms with van der Waals surface area (Å²) in [4.78, 5) is 10.5. The molecule has 3 heteroatoms. The van der Waals surface area contributed by atoms with Gasteiger partial charge < -0.3 is 9.84 Å². The predicted octanol–water partition coefficient (Wildman–Crippen LogP) is 1.52. The van der Waals surface area contributed by atoms with E-state index in [1.807, 2.05) is 6.92 Å². The van der Waals surface area contributed by atoms with Crippen LogP contribution >= 0.6 is 0 Å². The van der Waals surface area contributed by atoms with E-state index in [-0.39, 0.29) is 6.10 Å². The molecule has 0 rings (SSSR count). The molecule has 0 aromatic carbocycles. The van der Waals surface area contributed by atoms with E-state index >= 15 is 0 Å². The average molecular weight is 160 g/mol. The Kier molecular flexibility index (Phi) is 4.86. The van der Waals surface area contributed by atoms with Crippen molar-refractivity contribution in [2.24, 2.45) is 5.92 Å². The van der Waals surface area contributed by atoms with Gasteiger partial charge in [-0.3, -0.25) is 4.79 Å². The first-order chi connectivity index (χ1) is 5.13. The molecule has 0 amide bonds. The average Bonchev–Trinajstić information content (AvgIpc) is 1.98. The molecule has 0 heterocycles. The minimum atomic E-state index is -0.787. The number of carbonyl (C=O) groups is 1. The highest BCUT2D eigenvalue weighted by molar-refractivity contribution is 5.70. The fraction of sp³-hybridized carbons (Fsp3) is 0.875. The first-order valence-electron chi connectivity index (χ1n) is 3.89. The summed E-state index contributed by atoms with van der Waals surface area (Å²) in [6, 6.07) is 0. The number of methoxy groups -OCH3 is 1. The van der Waals surface area contributed by atoms with Gasteiger partial charge in [0.25, 0.3) is 0 Å². The van der Waals surface area contributed by atoms with Gasteiger partial charge in [-0.25, -0.2) is 0 Å². The van der Waals surface area contributed by atoms with Crippen LogP contribution in [-0.4, -0.2) is 24.3 Å². The maximum Gasteiger partial charge on any atom is 0.308 e. The monoisotopic (exact) mass is 160 g/mol. The SMILES string of the molecule is CCC[C@@H](OC)[C@@H](C)C(=O)O. The van der Waals surface area contributed by atoms with Gasteiger partial charge in [0.05, 0.1) is 12.0 Å². The Morgan fingerprint density at radius 3 is 2.45 bits per heavy atom. The molecule has 1 N–H and O–H groups in total. The number of hydrogen-bond acceptors (Lipinski definition) is 2. The molecule has 3 nitrogen and oxygen atoms in total. The smallest absolute Gasteiger partial charge is 0.308 e. The Bertz CT molecular complexity index is 123. The van der Waals surface area contributed by atoms with Crippen molar-refractivity contribution in [3.05, 3.63) is 0 Å². The number of rotatable bonds is 5. The van der Waals surface area contributed by atoms with Crippen molar-refractivity contribution in [1.29, 1.82) is 0 Å². The predicted molar refractivity (Wildman–Crippen MR) is 42.5 cm³/mol. The van der Waals surface area contributed by atoms with E-state index in [1.54, 1.807) is 14.0 Å². The highest BCUT2D eigenvalue weighted by Crippen LogP contribution is 2.12. The Labute approximate surface area is 67.4 Å². The fourth-order valence-corrected chi connectivity index (χ4v) is 1.02. The zero-order valence-electron chi connectivity index (χ0n) is 7.33. The number of carboxylic acid groups (broad SMARTS) is 1. The standard InChI is InChI=1S/C8H16O3/c1-4-5-7(11-3)6(2)8(9)10/h6-7H,4-5H2,1-3H3,(H,9,10)/t6-,7-/m1/s1. The van der Waals surface area contributed by atoms with E-state index < -0.39 is 11.9 Å². The molecule has 0 saturated carbocycles. The summed E-state index contributed by atoms with van der Waals surface area (Å²) in [5.74, 6) is -1.19. The van der Waals surface area contributed by atoms with Crippen molar-refractivity contribution < 1.29 is 14.6 Å². The second-order valence-electron chi connectivity index (χ2n) is 2.69. The molecule has 0 aliphatic rings. The molecular formula is C8H16O3. The number of hydrogen-bond donors (Lipinski definition) is 1. The summed E-state index contributed by atoms with van der Waals surface area (Å²) in [5, 5.41) is 8.63. The molecule has 2 atom stereocenters. The summed E-state index contributed by atoms with van der Waals surface area (Å²) in [6.45, 7) is 3.69. The number of aliphatic carboxylic acids is 1. The summed E-state index contributed by atoms with van der Waals surface area (Å²) in [6.07, 6.45) is 1.62. The molecular weight excluding hydrogens is 144 g/mol. The molecule has 0 fully saturated rings. The van der Waals surface area contributed by atoms with Crippen molar-refractivity contribution in [3.63, 3.8) is 0 Å². The van der Waals surface area contributed by atoms with Crippen molar-refractivity contribution >= 4 is 5.97 Å². The third-order valence-electron chi connectivity index (χ3n) is 1.82. The minimum Gasteiger partial charge on any atom is -0.481 e. The number of ether oxygens (including phenoxy) is 1. The first kappa shape index (κ1) is 10.4. The third-order valence-corrected chi connectivity index (χ3v) is 1.82. The molecule has 0 aromatic rings. The van der Waals surface area contributed by atoms with Gasteiger partial charge in [-0.05, 0) is 13.3 Å². The Hall–Kier alpha value is -0.570. The molecule has 0 aliphatic carbocycles. The van der Waals surface area contributed by atoms with Crippen molar-refractivity contribution in [2.75, 3.05) is 7.11 Å². The van der Waals surface area contributed by atoms with Crippen molar-refractivity contribution in [2.45, 2.75) is 32.8 Å². The van der Waals surface area contributed by atoms with Crippen LogP contribution in [0.5, 0.6) is 0 Å². The lowest BCUT2D eigenvalue weighted by Gasteiger charge is -2.17. The van der Waals surface area contributed by atoms with E-state index in [0.717, 1.165) is 12.8 Å².